The lowest BCUT2D eigenvalue weighted by Crippen LogP contribution is -2.23. The summed E-state index contributed by atoms with van der Waals surface area (Å²) in [7, 11) is -0.843. The highest BCUT2D eigenvalue weighted by molar-refractivity contribution is 7.89. The van der Waals surface area contributed by atoms with Crippen molar-refractivity contribution < 1.29 is 17.9 Å². The van der Waals surface area contributed by atoms with Crippen molar-refractivity contribution in [2.24, 2.45) is 0 Å². The molecule has 140 valence electrons. The van der Waals surface area contributed by atoms with Crippen molar-refractivity contribution in [2.45, 2.75) is 4.90 Å². The number of hydrogen-bond acceptors (Lipinski definition) is 4. The van der Waals surface area contributed by atoms with E-state index in [-0.39, 0.29) is 28.0 Å². The van der Waals surface area contributed by atoms with Crippen LogP contribution < -0.4 is 10.1 Å². The minimum Gasteiger partial charge on any atom is -0.482 e. The van der Waals surface area contributed by atoms with E-state index in [2.05, 4.69) is 5.32 Å². The van der Waals surface area contributed by atoms with Gasteiger partial charge in [-0.3, -0.25) is 4.79 Å². The Bertz CT molecular complexity index is 933. The lowest BCUT2D eigenvalue weighted by molar-refractivity contribution is -0.118. The van der Waals surface area contributed by atoms with Crippen LogP contribution >= 0.6 is 34.8 Å². The van der Waals surface area contributed by atoms with Gasteiger partial charge in [-0.1, -0.05) is 34.8 Å². The minimum atomic E-state index is -3.66. The lowest BCUT2D eigenvalue weighted by Gasteiger charge is -2.14. The zero-order valence-corrected chi connectivity index (χ0v) is 16.9. The molecule has 10 heteroatoms. The molecule has 0 saturated carbocycles. The Labute approximate surface area is 166 Å². The molecule has 0 saturated heterocycles. The fourth-order valence-electron chi connectivity index (χ4n) is 1.89. The van der Waals surface area contributed by atoms with Gasteiger partial charge in [-0.05, 0) is 30.3 Å². The van der Waals surface area contributed by atoms with Gasteiger partial charge in [-0.15, -0.1) is 0 Å². The zero-order valence-electron chi connectivity index (χ0n) is 13.8. The first-order valence-corrected chi connectivity index (χ1v) is 9.78. The topological polar surface area (TPSA) is 75.7 Å². The van der Waals surface area contributed by atoms with Crippen LogP contribution in [0.4, 0.5) is 5.69 Å². The molecule has 0 aliphatic rings. The van der Waals surface area contributed by atoms with Crippen molar-refractivity contribution in [3.05, 3.63) is 51.5 Å². The molecule has 0 atom stereocenters. The van der Waals surface area contributed by atoms with Crippen molar-refractivity contribution in [3.63, 3.8) is 0 Å². The highest BCUT2D eigenvalue weighted by Gasteiger charge is 2.19. The standard InChI is InChI=1S/C16H15Cl3N2O4S/c1-21(2)26(23,24)11-4-6-12(18)14(8-11)20-16(22)9-25-15-7-10(17)3-5-13(15)19/h3-8H,9H2,1-2H3,(H,20,22). The maximum Gasteiger partial charge on any atom is 0.262 e. The van der Waals surface area contributed by atoms with E-state index >= 15 is 0 Å². The van der Waals surface area contributed by atoms with Crippen LogP contribution in [0.3, 0.4) is 0 Å². The summed E-state index contributed by atoms with van der Waals surface area (Å²) < 4.78 is 30.8. The monoisotopic (exact) mass is 436 g/mol. The average molecular weight is 438 g/mol. The van der Waals surface area contributed by atoms with E-state index in [1.54, 1.807) is 12.1 Å². The fourth-order valence-corrected chi connectivity index (χ4v) is 3.32. The van der Waals surface area contributed by atoms with Gasteiger partial charge in [0.2, 0.25) is 10.0 Å². The predicted molar refractivity (Wildman–Crippen MR) is 103 cm³/mol. The van der Waals surface area contributed by atoms with Crippen LogP contribution in [0, 0.1) is 0 Å². The van der Waals surface area contributed by atoms with E-state index in [1.165, 1.54) is 38.4 Å². The van der Waals surface area contributed by atoms with Crippen molar-refractivity contribution in [1.29, 1.82) is 0 Å². The second-order valence-corrected chi connectivity index (χ2v) is 8.74. The number of nitrogens with zero attached hydrogens (tertiary/aromatic N) is 1. The van der Waals surface area contributed by atoms with Crippen LogP contribution in [0.2, 0.25) is 15.1 Å². The first-order chi connectivity index (χ1) is 12.1. The molecule has 1 amide bonds. The van der Waals surface area contributed by atoms with E-state index in [9.17, 15) is 13.2 Å². The first kappa shape index (κ1) is 20.8. The van der Waals surface area contributed by atoms with E-state index in [4.69, 9.17) is 39.5 Å². The molecule has 1 N–H and O–H groups in total. The Hall–Kier alpha value is -1.51. The number of hydrogen-bond donors (Lipinski definition) is 1. The van der Waals surface area contributed by atoms with E-state index in [0.29, 0.717) is 10.0 Å². The molecule has 0 fully saturated rings. The first-order valence-electron chi connectivity index (χ1n) is 7.21. The third kappa shape index (κ3) is 5.02. The highest BCUT2D eigenvalue weighted by atomic mass is 35.5. The molecule has 0 radical (unpaired) electrons. The number of nitrogens with one attached hydrogen (secondary N) is 1. The number of carbonyl (C=O) groups is 1. The molecule has 0 heterocycles. The largest absolute Gasteiger partial charge is 0.482 e. The quantitative estimate of drug-likeness (QED) is 0.743. The Balaban J connectivity index is 2.12. The maximum absolute atomic E-state index is 12.2. The number of halogens is 3. The van der Waals surface area contributed by atoms with Gasteiger partial charge in [0, 0.05) is 25.2 Å². The number of ether oxygens (including phenoxy) is 1. The summed E-state index contributed by atoms with van der Waals surface area (Å²) in [5.41, 5.74) is 0.153. The summed E-state index contributed by atoms with van der Waals surface area (Å²) in [5.74, 6) is -0.285. The van der Waals surface area contributed by atoms with Crippen LogP contribution in [0.1, 0.15) is 0 Å². The predicted octanol–water partition coefficient (Wildman–Crippen LogP) is 3.91. The number of benzene rings is 2. The van der Waals surface area contributed by atoms with Gasteiger partial charge in [0.25, 0.3) is 5.91 Å². The third-order valence-electron chi connectivity index (χ3n) is 3.24. The molecule has 0 unspecified atom stereocenters. The van der Waals surface area contributed by atoms with Gasteiger partial charge in [-0.25, -0.2) is 12.7 Å². The van der Waals surface area contributed by atoms with Crippen molar-refractivity contribution in [3.8, 4) is 5.75 Å². The molecule has 2 aromatic rings. The molecule has 0 aliphatic heterocycles. The Morgan fingerprint density at radius 2 is 1.73 bits per heavy atom. The van der Waals surface area contributed by atoms with E-state index < -0.39 is 15.9 Å². The molecule has 0 aromatic heterocycles. The van der Waals surface area contributed by atoms with Crippen molar-refractivity contribution in [2.75, 3.05) is 26.0 Å². The molecule has 2 aromatic carbocycles. The van der Waals surface area contributed by atoms with Gasteiger partial charge in [-0.2, -0.15) is 0 Å². The average Bonchev–Trinajstić information content (AvgIpc) is 2.57. The third-order valence-corrected chi connectivity index (χ3v) is 5.93. The fraction of sp³-hybridized carbons (Fsp3) is 0.188. The van der Waals surface area contributed by atoms with Crippen LogP contribution in [0.5, 0.6) is 5.75 Å². The van der Waals surface area contributed by atoms with Crippen LogP contribution in [0.25, 0.3) is 0 Å². The summed E-state index contributed by atoms with van der Waals surface area (Å²) in [4.78, 5) is 12.1. The van der Waals surface area contributed by atoms with Crippen LogP contribution in [-0.2, 0) is 14.8 Å². The summed E-state index contributed by atoms with van der Waals surface area (Å²) in [6, 6.07) is 8.64. The number of anilines is 1. The molecule has 0 aliphatic carbocycles. The van der Waals surface area contributed by atoms with Crippen molar-refractivity contribution >= 4 is 56.4 Å². The summed E-state index contributed by atoms with van der Waals surface area (Å²) in [6.07, 6.45) is 0. The minimum absolute atomic E-state index is 0.000930. The second-order valence-electron chi connectivity index (χ2n) is 5.34. The van der Waals surface area contributed by atoms with E-state index in [1.807, 2.05) is 0 Å². The summed E-state index contributed by atoms with van der Waals surface area (Å²) >= 11 is 17.8. The van der Waals surface area contributed by atoms with Gasteiger partial charge < -0.3 is 10.1 Å². The molecule has 26 heavy (non-hydrogen) atoms. The smallest absolute Gasteiger partial charge is 0.262 e. The second kappa shape index (κ2) is 8.45. The van der Waals surface area contributed by atoms with Gasteiger partial charge in [0.1, 0.15) is 5.75 Å². The molecule has 6 nitrogen and oxygen atoms in total. The molecular weight excluding hydrogens is 423 g/mol. The zero-order chi connectivity index (χ0) is 19.5. The molecule has 2 rings (SSSR count). The Morgan fingerprint density at radius 1 is 1.08 bits per heavy atom. The number of amides is 1. The Kier molecular flexibility index (Phi) is 6.76. The summed E-state index contributed by atoms with van der Waals surface area (Å²) in [5, 5.41) is 3.42. The highest BCUT2D eigenvalue weighted by Crippen LogP contribution is 2.28. The van der Waals surface area contributed by atoms with Gasteiger partial charge >= 0.3 is 0 Å². The van der Waals surface area contributed by atoms with Gasteiger partial charge in [0.05, 0.1) is 20.6 Å². The molecule has 0 spiro atoms. The normalized spacial score (nSPS) is 11.5. The SMILES string of the molecule is CN(C)S(=O)(=O)c1ccc(Cl)c(NC(=O)COc2cc(Cl)ccc2Cl)c1. The maximum atomic E-state index is 12.2. The van der Waals surface area contributed by atoms with Crippen LogP contribution in [-0.4, -0.2) is 39.3 Å². The lowest BCUT2D eigenvalue weighted by atomic mass is 10.3. The van der Waals surface area contributed by atoms with E-state index in [0.717, 1.165) is 4.31 Å². The number of rotatable bonds is 6. The van der Waals surface area contributed by atoms with Gasteiger partial charge in [0.15, 0.2) is 6.61 Å². The van der Waals surface area contributed by atoms with Crippen molar-refractivity contribution in [1.82, 2.24) is 4.31 Å². The number of sulfonamides is 1. The van der Waals surface area contributed by atoms with Crippen LogP contribution in [0.15, 0.2) is 41.3 Å². The summed E-state index contributed by atoms with van der Waals surface area (Å²) in [6.45, 7) is -0.360. The number of carbonyl (C=O) groups excluding carboxylic acids is 1. The Morgan fingerprint density at radius 3 is 2.38 bits per heavy atom. The molecule has 0 bridgehead atoms. The molecular formula is C16H15Cl3N2O4S.